The number of hydrogen-bond acceptors (Lipinski definition) is 4. The van der Waals surface area contributed by atoms with Crippen LogP contribution in [0.25, 0.3) is 17.1 Å². The first-order valence-electron chi connectivity index (χ1n) is 9.30. The van der Waals surface area contributed by atoms with Gasteiger partial charge in [0.1, 0.15) is 0 Å². The Morgan fingerprint density at radius 3 is 2.38 bits per heavy atom. The number of ether oxygens (including phenoxy) is 1. The fourth-order valence-corrected chi connectivity index (χ4v) is 3.68. The predicted octanol–water partition coefficient (Wildman–Crippen LogP) is 5.55. The van der Waals surface area contributed by atoms with Gasteiger partial charge in [0.2, 0.25) is 0 Å². The molecule has 1 heterocycles. The summed E-state index contributed by atoms with van der Waals surface area (Å²) in [7, 11) is 0. The summed E-state index contributed by atoms with van der Waals surface area (Å²) >= 11 is 1.53. The molecule has 0 atom stereocenters. The molecule has 29 heavy (non-hydrogen) atoms. The molecule has 6 heteroatoms. The van der Waals surface area contributed by atoms with Crippen LogP contribution in [0.5, 0.6) is 5.75 Å². The largest absolute Gasteiger partial charge is 0.490 e. The molecule has 0 unspecified atom stereocenters. The zero-order valence-electron chi connectivity index (χ0n) is 16.0. The molecule has 0 saturated carbocycles. The van der Waals surface area contributed by atoms with Crippen molar-refractivity contribution < 1.29 is 9.13 Å². The molecule has 1 aromatic heterocycles. The number of benzene rings is 3. The maximum atomic E-state index is 13.7. The van der Waals surface area contributed by atoms with Crippen LogP contribution < -0.4 is 4.74 Å². The van der Waals surface area contributed by atoms with E-state index < -0.39 is 0 Å². The second kappa shape index (κ2) is 8.92. The lowest BCUT2D eigenvalue weighted by atomic mass is 10.2. The summed E-state index contributed by atoms with van der Waals surface area (Å²) in [4.78, 5) is 0. The minimum absolute atomic E-state index is 0.262. The second-order valence-electron chi connectivity index (χ2n) is 6.47. The fourth-order valence-electron chi connectivity index (χ4n) is 2.91. The van der Waals surface area contributed by atoms with Gasteiger partial charge < -0.3 is 4.74 Å². The van der Waals surface area contributed by atoms with Crippen molar-refractivity contribution in [2.45, 2.75) is 12.1 Å². The van der Waals surface area contributed by atoms with Gasteiger partial charge >= 0.3 is 0 Å². The first kappa shape index (κ1) is 19.2. The molecular weight excluding hydrogens is 385 g/mol. The van der Waals surface area contributed by atoms with Gasteiger partial charge in [0.15, 0.2) is 22.5 Å². The average Bonchev–Trinajstić information content (AvgIpc) is 3.17. The molecule has 4 rings (SSSR count). The van der Waals surface area contributed by atoms with Crippen LogP contribution in [0.1, 0.15) is 5.56 Å². The lowest BCUT2D eigenvalue weighted by Crippen LogP contribution is -2.04. The minimum atomic E-state index is -0.355. The Labute approximate surface area is 173 Å². The lowest BCUT2D eigenvalue weighted by Gasteiger charge is -2.11. The summed E-state index contributed by atoms with van der Waals surface area (Å²) < 4.78 is 21.3. The molecule has 0 amide bonds. The van der Waals surface area contributed by atoms with Gasteiger partial charge in [-0.3, -0.25) is 4.57 Å². The van der Waals surface area contributed by atoms with Gasteiger partial charge in [-0.15, -0.1) is 10.2 Å². The van der Waals surface area contributed by atoms with Crippen molar-refractivity contribution in [2.75, 3.05) is 12.4 Å². The summed E-state index contributed by atoms with van der Waals surface area (Å²) in [6.07, 6.45) is 0. The Bertz CT molecular complexity index is 1080. The van der Waals surface area contributed by atoms with Crippen molar-refractivity contribution in [2.24, 2.45) is 0 Å². The smallest absolute Gasteiger partial charge is 0.196 e. The van der Waals surface area contributed by atoms with E-state index in [1.54, 1.807) is 18.2 Å². The van der Waals surface area contributed by atoms with Crippen LogP contribution in [0.4, 0.5) is 4.39 Å². The summed E-state index contributed by atoms with van der Waals surface area (Å²) in [6.45, 7) is 2.43. The highest BCUT2D eigenvalue weighted by atomic mass is 32.2. The molecule has 0 aliphatic rings. The summed E-state index contributed by atoms with van der Waals surface area (Å²) in [6, 6.07) is 24.7. The molecule has 4 aromatic rings. The molecule has 0 saturated heterocycles. The van der Waals surface area contributed by atoms with Crippen LogP contribution in [-0.2, 0) is 0 Å². The van der Waals surface area contributed by atoms with Crippen LogP contribution in [0.2, 0.25) is 0 Å². The third-order valence-corrected chi connectivity index (χ3v) is 5.26. The Morgan fingerprint density at radius 2 is 1.62 bits per heavy atom. The van der Waals surface area contributed by atoms with Gasteiger partial charge in [-0.25, -0.2) is 4.39 Å². The van der Waals surface area contributed by atoms with Crippen LogP contribution in [0, 0.1) is 12.7 Å². The van der Waals surface area contributed by atoms with Gasteiger partial charge in [0, 0.05) is 17.0 Å². The lowest BCUT2D eigenvalue weighted by molar-refractivity contribution is 0.325. The summed E-state index contributed by atoms with van der Waals surface area (Å²) in [5, 5.41) is 9.60. The van der Waals surface area contributed by atoms with Crippen molar-refractivity contribution >= 4 is 11.8 Å². The average molecular weight is 405 g/mol. The van der Waals surface area contributed by atoms with Gasteiger partial charge in [-0.1, -0.05) is 71.9 Å². The van der Waals surface area contributed by atoms with E-state index >= 15 is 0 Å². The van der Waals surface area contributed by atoms with E-state index in [0.29, 0.717) is 12.4 Å². The third kappa shape index (κ3) is 4.49. The van der Waals surface area contributed by atoms with E-state index in [0.717, 1.165) is 22.2 Å². The molecule has 0 fully saturated rings. The highest BCUT2D eigenvalue weighted by molar-refractivity contribution is 7.99. The Kier molecular flexibility index (Phi) is 5.91. The molecule has 0 radical (unpaired) electrons. The van der Waals surface area contributed by atoms with E-state index in [1.807, 2.05) is 34.9 Å². The van der Waals surface area contributed by atoms with Crippen molar-refractivity contribution in [1.82, 2.24) is 14.8 Å². The van der Waals surface area contributed by atoms with Crippen molar-refractivity contribution in [3.63, 3.8) is 0 Å². The standard InChI is InChI=1S/C23H20FN3OS/c1-17-11-13-19(14-12-17)27-22(18-7-3-2-4-8-18)25-26-23(27)29-16-15-28-21-10-6-5-9-20(21)24/h2-14H,15-16H2,1H3. The zero-order valence-corrected chi connectivity index (χ0v) is 16.8. The van der Waals surface area contributed by atoms with Crippen molar-refractivity contribution in [1.29, 1.82) is 0 Å². The van der Waals surface area contributed by atoms with Gasteiger partial charge in [-0.2, -0.15) is 0 Å². The van der Waals surface area contributed by atoms with E-state index in [9.17, 15) is 4.39 Å². The number of aryl methyl sites for hydroxylation is 1. The molecular formula is C23H20FN3OS. The van der Waals surface area contributed by atoms with Crippen LogP contribution in [-0.4, -0.2) is 27.1 Å². The number of rotatable bonds is 7. The molecule has 0 spiro atoms. The highest BCUT2D eigenvalue weighted by Crippen LogP contribution is 2.28. The third-order valence-electron chi connectivity index (χ3n) is 4.37. The fraction of sp³-hybridized carbons (Fsp3) is 0.130. The molecule has 3 aromatic carbocycles. The first-order chi connectivity index (χ1) is 14.2. The van der Waals surface area contributed by atoms with E-state index in [2.05, 4.69) is 41.4 Å². The van der Waals surface area contributed by atoms with Gasteiger partial charge in [-0.05, 0) is 31.2 Å². The van der Waals surface area contributed by atoms with E-state index in [4.69, 9.17) is 4.74 Å². The molecule has 0 N–H and O–H groups in total. The number of thioether (sulfide) groups is 1. The number of nitrogens with zero attached hydrogens (tertiary/aromatic N) is 3. The quantitative estimate of drug-likeness (QED) is 0.298. The molecule has 0 bridgehead atoms. The molecule has 0 aliphatic carbocycles. The predicted molar refractivity (Wildman–Crippen MR) is 114 cm³/mol. The van der Waals surface area contributed by atoms with E-state index in [1.165, 1.54) is 23.4 Å². The SMILES string of the molecule is Cc1ccc(-n2c(SCCOc3ccccc3F)nnc2-c2ccccc2)cc1. The topological polar surface area (TPSA) is 39.9 Å². The number of aromatic nitrogens is 3. The first-order valence-corrected chi connectivity index (χ1v) is 10.3. The monoisotopic (exact) mass is 405 g/mol. The van der Waals surface area contributed by atoms with Crippen molar-refractivity contribution in [3.05, 3.63) is 90.2 Å². The minimum Gasteiger partial charge on any atom is -0.490 e. The molecule has 146 valence electrons. The van der Waals surface area contributed by atoms with Crippen LogP contribution in [0.15, 0.2) is 84.0 Å². The highest BCUT2D eigenvalue weighted by Gasteiger charge is 2.16. The second-order valence-corrected chi connectivity index (χ2v) is 7.53. The summed E-state index contributed by atoms with van der Waals surface area (Å²) in [5.74, 6) is 1.31. The Balaban J connectivity index is 1.56. The van der Waals surface area contributed by atoms with Gasteiger partial charge in [0.25, 0.3) is 0 Å². The van der Waals surface area contributed by atoms with Crippen molar-refractivity contribution in [3.8, 4) is 22.8 Å². The zero-order chi connectivity index (χ0) is 20.1. The Morgan fingerprint density at radius 1 is 0.897 bits per heavy atom. The normalized spacial score (nSPS) is 10.8. The molecule has 4 nitrogen and oxygen atoms in total. The maximum Gasteiger partial charge on any atom is 0.196 e. The number of para-hydroxylation sites is 1. The van der Waals surface area contributed by atoms with E-state index in [-0.39, 0.29) is 11.6 Å². The number of halogens is 1. The Hall–Kier alpha value is -3.12. The number of hydrogen-bond donors (Lipinski definition) is 0. The molecule has 0 aliphatic heterocycles. The van der Waals surface area contributed by atoms with Gasteiger partial charge in [0.05, 0.1) is 6.61 Å². The van der Waals surface area contributed by atoms with Crippen LogP contribution >= 0.6 is 11.8 Å². The van der Waals surface area contributed by atoms with Crippen LogP contribution in [0.3, 0.4) is 0 Å². The summed E-state index contributed by atoms with van der Waals surface area (Å²) in [5.41, 5.74) is 3.18. The maximum absolute atomic E-state index is 13.7.